The van der Waals surface area contributed by atoms with E-state index in [4.69, 9.17) is 10.5 Å². The second-order valence-electron chi connectivity index (χ2n) is 4.74. The van der Waals surface area contributed by atoms with Crippen LogP contribution in [0.3, 0.4) is 0 Å². The third-order valence-electron chi connectivity index (χ3n) is 3.43. The number of anilines is 1. The van der Waals surface area contributed by atoms with Gasteiger partial charge in [0, 0.05) is 23.7 Å². The molecule has 0 atom stereocenters. The van der Waals surface area contributed by atoms with E-state index in [2.05, 4.69) is 15.0 Å². The molecule has 3 N–H and O–H groups in total. The maximum atomic E-state index is 5.69. The molecule has 0 aromatic carbocycles. The summed E-state index contributed by atoms with van der Waals surface area (Å²) >= 11 is 0. The second kappa shape index (κ2) is 4.85. The Hall–Kier alpha value is -2.56. The molecule has 0 radical (unpaired) electrons. The van der Waals surface area contributed by atoms with Gasteiger partial charge in [0.2, 0.25) is 0 Å². The van der Waals surface area contributed by atoms with Crippen LogP contribution in [0.4, 0.5) is 5.82 Å². The van der Waals surface area contributed by atoms with E-state index < -0.39 is 0 Å². The first kappa shape index (κ1) is 12.5. The summed E-state index contributed by atoms with van der Waals surface area (Å²) in [5.41, 5.74) is 9.83. The predicted molar refractivity (Wildman–Crippen MR) is 78.8 cm³/mol. The fraction of sp³-hybridized carbons (Fsp3) is 0.200. The van der Waals surface area contributed by atoms with Gasteiger partial charge in [0.25, 0.3) is 0 Å². The molecule has 0 amide bonds. The molecule has 3 aromatic heterocycles. The smallest absolute Gasteiger partial charge is 0.137 e. The molecule has 0 aliphatic heterocycles. The lowest BCUT2D eigenvalue weighted by molar-refractivity contribution is 0.413. The Morgan fingerprint density at radius 1 is 1.30 bits per heavy atom. The lowest BCUT2D eigenvalue weighted by Crippen LogP contribution is -1.98. The van der Waals surface area contributed by atoms with Gasteiger partial charge in [-0.2, -0.15) is 0 Å². The number of nitrogens with zero attached hydrogens (tertiary/aromatic N) is 2. The Kier molecular flexibility index (Phi) is 3.02. The van der Waals surface area contributed by atoms with Crippen molar-refractivity contribution in [3.63, 3.8) is 0 Å². The number of pyridine rings is 2. The van der Waals surface area contributed by atoms with E-state index in [-0.39, 0.29) is 0 Å². The Labute approximate surface area is 116 Å². The van der Waals surface area contributed by atoms with Gasteiger partial charge in [0.1, 0.15) is 17.2 Å². The normalized spacial score (nSPS) is 10.9. The van der Waals surface area contributed by atoms with Crippen LogP contribution in [0.15, 0.2) is 30.6 Å². The number of hydrogen-bond donors (Lipinski definition) is 2. The predicted octanol–water partition coefficient (Wildman–Crippen LogP) is 2.45. The molecular weight excluding hydrogens is 252 g/mol. The van der Waals surface area contributed by atoms with Crippen molar-refractivity contribution in [3.05, 3.63) is 47.4 Å². The molecule has 0 fully saturated rings. The van der Waals surface area contributed by atoms with E-state index in [1.165, 1.54) is 5.56 Å². The fourth-order valence-corrected chi connectivity index (χ4v) is 2.30. The highest BCUT2D eigenvalue weighted by molar-refractivity contribution is 5.81. The lowest BCUT2D eigenvalue weighted by atomic mass is 10.0. The minimum absolute atomic E-state index is 0.550. The Morgan fingerprint density at radius 2 is 2.15 bits per heavy atom. The molecule has 3 heterocycles. The average molecular weight is 268 g/mol. The first-order chi connectivity index (χ1) is 9.67. The number of H-pyrrole nitrogens is 1. The third-order valence-corrected chi connectivity index (χ3v) is 3.43. The molecule has 5 nitrogen and oxygen atoms in total. The zero-order valence-corrected chi connectivity index (χ0v) is 11.5. The fourth-order valence-electron chi connectivity index (χ4n) is 2.30. The van der Waals surface area contributed by atoms with Gasteiger partial charge in [0.15, 0.2) is 0 Å². The minimum Gasteiger partial charge on any atom is -0.495 e. The molecule has 0 aliphatic rings. The van der Waals surface area contributed by atoms with Gasteiger partial charge in [-0.3, -0.25) is 0 Å². The minimum atomic E-state index is 0.550. The summed E-state index contributed by atoms with van der Waals surface area (Å²) in [6, 6.07) is 5.84. The van der Waals surface area contributed by atoms with E-state index in [1.807, 2.05) is 31.3 Å². The molecule has 0 saturated heterocycles. The van der Waals surface area contributed by atoms with Crippen molar-refractivity contribution in [2.24, 2.45) is 0 Å². The maximum absolute atomic E-state index is 5.69. The number of aryl methyl sites for hydroxylation is 1. The van der Waals surface area contributed by atoms with Crippen molar-refractivity contribution in [3.8, 4) is 5.75 Å². The Balaban J connectivity index is 2.01. The van der Waals surface area contributed by atoms with Gasteiger partial charge >= 0.3 is 0 Å². The van der Waals surface area contributed by atoms with Gasteiger partial charge in [-0.15, -0.1) is 0 Å². The van der Waals surface area contributed by atoms with Crippen LogP contribution in [0.5, 0.6) is 5.75 Å². The van der Waals surface area contributed by atoms with Gasteiger partial charge in [-0.05, 0) is 30.2 Å². The Bertz CT molecular complexity index is 764. The SMILES string of the molecule is COc1cnc2[nH]cc(Cc3ccc(N)nc3C)c2c1. The standard InChI is InChI=1S/C15H16N4O/c1-9-10(3-4-14(16)19-9)5-11-7-17-15-13(11)6-12(20-2)8-18-15/h3-4,6-8H,5H2,1-2H3,(H2,16,19)(H,17,18). The van der Waals surface area contributed by atoms with Gasteiger partial charge < -0.3 is 15.5 Å². The van der Waals surface area contributed by atoms with Crippen LogP contribution in [-0.4, -0.2) is 22.1 Å². The van der Waals surface area contributed by atoms with Crippen LogP contribution in [0.25, 0.3) is 11.0 Å². The zero-order chi connectivity index (χ0) is 14.1. The molecule has 0 unspecified atom stereocenters. The average Bonchev–Trinajstić information content (AvgIpc) is 2.84. The molecule has 5 heteroatoms. The van der Waals surface area contributed by atoms with E-state index in [0.717, 1.165) is 34.5 Å². The van der Waals surface area contributed by atoms with Crippen molar-refractivity contribution in [2.75, 3.05) is 12.8 Å². The van der Waals surface area contributed by atoms with E-state index in [9.17, 15) is 0 Å². The highest BCUT2D eigenvalue weighted by atomic mass is 16.5. The van der Waals surface area contributed by atoms with Crippen molar-refractivity contribution >= 4 is 16.9 Å². The van der Waals surface area contributed by atoms with E-state index in [1.54, 1.807) is 13.3 Å². The number of ether oxygens (including phenoxy) is 1. The summed E-state index contributed by atoms with van der Waals surface area (Å²) in [6.07, 6.45) is 4.47. The zero-order valence-electron chi connectivity index (χ0n) is 11.5. The van der Waals surface area contributed by atoms with Crippen LogP contribution < -0.4 is 10.5 Å². The van der Waals surface area contributed by atoms with E-state index >= 15 is 0 Å². The largest absolute Gasteiger partial charge is 0.495 e. The molecule has 3 rings (SSSR count). The number of nitrogen functional groups attached to an aromatic ring is 1. The van der Waals surface area contributed by atoms with Gasteiger partial charge in [-0.1, -0.05) is 6.07 Å². The summed E-state index contributed by atoms with van der Waals surface area (Å²) in [5.74, 6) is 1.30. The number of methoxy groups -OCH3 is 1. The van der Waals surface area contributed by atoms with Crippen LogP contribution in [0.2, 0.25) is 0 Å². The monoisotopic (exact) mass is 268 g/mol. The first-order valence-corrected chi connectivity index (χ1v) is 6.39. The van der Waals surface area contributed by atoms with Crippen molar-refractivity contribution in [1.29, 1.82) is 0 Å². The molecule has 102 valence electrons. The molecule has 3 aromatic rings. The summed E-state index contributed by atoms with van der Waals surface area (Å²) in [7, 11) is 1.64. The second-order valence-corrected chi connectivity index (χ2v) is 4.74. The van der Waals surface area contributed by atoms with Gasteiger partial charge in [0.05, 0.1) is 13.3 Å². The van der Waals surface area contributed by atoms with Crippen LogP contribution in [0.1, 0.15) is 16.8 Å². The number of hydrogen-bond acceptors (Lipinski definition) is 4. The van der Waals surface area contributed by atoms with Crippen molar-refractivity contribution in [2.45, 2.75) is 13.3 Å². The maximum Gasteiger partial charge on any atom is 0.137 e. The quantitative estimate of drug-likeness (QED) is 0.765. The van der Waals surface area contributed by atoms with E-state index in [0.29, 0.717) is 5.82 Å². The molecule has 0 aliphatic carbocycles. The van der Waals surface area contributed by atoms with Crippen LogP contribution >= 0.6 is 0 Å². The molecular formula is C15H16N4O. The van der Waals surface area contributed by atoms with Crippen molar-refractivity contribution < 1.29 is 4.74 Å². The summed E-state index contributed by atoms with van der Waals surface area (Å²) in [5, 5.41) is 1.07. The third kappa shape index (κ3) is 2.18. The number of fused-ring (bicyclic) bond motifs is 1. The number of aromatic amines is 1. The van der Waals surface area contributed by atoms with Crippen LogP contribution in [-0.2, 0) is 6.42 Å². The number of rotatable bonds is 3. The Morgan fingerprint density at radius 3 is 2.90 bits per heavy atom. The number of nitrogens with two attached hydrogens (primary N) is 1. The van der Waals surface area contributed by atoms with Crippen LogP contribution in [0, 0.1) is 6.92 Å². The molecule has 20 heavy (non-hydrogen) atoms. The summed E-state index contributed by atoms with van der Waals surface area (Å²) in [6.45, 7) is 1.97. The topological polar surface area (TPSA) is 76.8 Å². The number of aromatic nitrogens is 3. The molecule has 0 saturated carbocycles. The lowest BCUT2D eigenvalue weighted by Gasteiger charge is -2.05. The highest BCUT2D eigenvalue weighted by Crippen LogP contribution is 2.24. The molecule has 0 bridgehead atoms. The molecule has 0 spiro atoms. The summed E-state index contributed by atoms with van der Waals surface area (Å²) in [4.78, 5) is 11.8. The number of nitrogens with one attached hydrogen (secondary N) is 1. The van der Waals surface area contributed by atoms with Gasteiger partial charge in [-0.25, -0.2) is 9.97 Å². The summed E-state index contributed by atoms with van der Waals surface area (Å²) < 4.78 is 5.23. The van der Waals surface area contributed by atoms with Crippen molar-refractivity contribution in [1.82, 2.24) is 15.0 Å². The highest BCUT2D eigenvalue weighted by Gasteiger charge is 2.09. The first-order valence-electron chi connectivity index (χ1n) is 6.39.